The largest absolute Gasteiger partial charge is 0.466 e. The minimum atomic E-state index is -0.576. The van der Waals surface area contributed by atoms with Crippen LogP contribution in [0.1, 0.15) is 58.3 Å². The number of rotatable bonds is 15. The number of unbranched alkanes of at least 4 members (excludes halogenated alkanes) is 3. The van der Waals surface area contributed by atoms with E-state index in [-0.39, 0.29) is 32.8 Å². The van der Waals surface area contributed by atoms with Crippen LogP contribution in [-0.2, 0) is 19.1 Å². The lowest BCUT2D eigenvalue weighted by molar-refractivity contribution is -0.155. The second kappa shape index (κ2) is 16.5. The normalized spacial score (nSPS) is 12.3. The SMILES string of the molecule is CCCCC/C=C/CC(CC(=O)OCCCO)C(=O)OCCCO. The highest BCUT2D eigenvalue weighted by Gasteiger charge is 2.23. The summed E-state index contributed by atoms with van der Waals surface area (Å²) in [5.41, 5.74) is 0. The van der Waals surface area contributed by atoms with Crippen LogP contribution in [0.2, 0.25) is 0 Å². The van der Waals surface area contributed by atoms with Gasteiger partial charge in [0.2, 0.25) is 0 Å². The predicted molar refractivity (Wildman–Crippen MR) is 91.3 cm³/mol. The van der Waals surface area contributed by atoms with Crippen LogP contribution in [0, 0.1) is 5.92 Å². The molecule has 140 valence electrons. The van der Waals surface area contributed by atoms with Crippen LogP contribution in [0.15, 0.2) is 12.2 Å². The van der Waals surface area contributed by atoms with Gasteiger partial charge in [-0.1, -0.05) is 31.9 Å². The molecule has 0 aliphatic heterocycles. The van der Waals surface area contributed by atoms with E-state index in [4.69, 9.17) is 19.7 Å². The lowest BCUT2D eigenvalue weighted by Gasteiger charge is -2.14. The fourth-order valence-corrected chi connectivity index (χ4v) is 2.02. The van der Waals surface area contributed by atoms with Gasteiger partial charge < -0.3 is 19.7 Å². The zero-order chi connectivity index (χ0) is 18.0. The molecular weight excluding hydrogens is 312 g/mol. The zero-order valence-corrected chi connectivity index (χ0v) is 14.7. The number of allylic oxidation sites excluding steroid dienone is 2. The number of ether oxygens (including phenoxy) is 2. The predicted octanol–water partition coefficient (Wildman–Crippen LogP) is 2.37. The molecule has 0 aliphatic carbocycles. The van der Waals surface area contributed by atoms with E-state index in [0.717, 1.165) is 19.3 Å². The van der Waals surface area contributed by atoms with E-state index < -0.39 is 17.9 Å². The van der Waals surface area contributed by atoms with Gasteiger partial charge in [-0.3, -0.25) is 9.59 Å². The molecule has 2 N–H and O–H groups in total. The molecule has 24 heavy (non-hydrogen) atoms. The van der Waals surface area contributed by atoms with Crippen molar-refractivity contribution in [2.45, 2.75) is 58.3 Å². The first-order chi connectivity index (χ1) is 11.7. The van der Waals surface area contributed by atoms with Gasteiger partial charge in [-0.05, 0) is 19.3 Å². The van der Waals surface area contributed by atoms with Crippen molar-refractivity contribution in [3.8, 4) is 0 Å². The summed E-state index contributed by atoms with van der Waals surface area (Å²) in [6.45, 7) is 2.35. The van der Waals surface area contributed by atoms with Gasteiger partial charge in [0.1, 0.15) is 0 Å². The molecule has 1 unspecified atom stereocenters. The molecule has 0 aliphatic rings. The molecule has 0 fully saturated rings. The maximum Gasteiger partial charge on any atom is 0.309 e. The number of aliphatic hydroxyl groups is 2. The van der Waals surface area contributed by atoms with Crippen LogP contribution in [0.25, 0.3) is 0 Å². The van der Waals surface area contributed by atoms with Crippen molar-refractivity contribution in [2.24, 2.45) is 5.92 Å². The van der Waals surface area contributed by atoms with Gasteiger partial charge in [-0.25, -0.2) is 0 Å². The molecule has 1 atom stereocenters. The van der Waals surface area contributed by atoms with Crippen LogP contribution in [0.3, 0.4) is 0 Å². The Labute approximate surface area is 144 Å². The standard InChI is InChI=1S/C18H32O6/c1-2-3-4-5-6-7-10-16(18(22)24-14-9-12-20)15-17(21)23-13-8-11-19/h6-7,16,19-20H,2-5,8-15H2,1H3/b7-6+. The fourth-order valence-electron chi connectivity index (χ4n) is 2.02. The lowest BCUT2D eigenvalue weighted by Crippen LogP contribution is -2.22. The molecule has 6 nitrogen and oxygen atoms in total. The summed E-state index contributed by atoms with van der Waals surface area (Å²) in [5, 5.41) is 17.4. The summed E-state index contributed by atoms with van der Waals surface area (Å²) in [6, 6.07) is 0. The minimum Gasteiger partial charge on any atom is -0.466 e. The summed E-state index contributed by atoms with van der Waals surface area (Å²) in [5.74, 6) is -1.49. The third-order valence-corrected chi connectivity index (χ3v) is 3.42. The Hall–Kier alpha value is -1.40. The van der Waals surface area contributed by atoms with E-state index in [9.17, 15) is 9.59 Å². The van der Waals surface area contributed by atoms with Gasteiger partial charge in [0.05, 0.1) is 25.6 Å². The van der Waals surface area contributed by atoms with E-state index in [1.165, 1.54) is 6.42 Å². The highest BCUT2D eigenvalue weighted by Crippen LogP contribution is 2.14. The Morgan fingerprint density at radius 2 is 1.62 bits per heavy atom. The zero-order valence-electron chi connectivity index (χ0n) is 14.7. The van der Waals surface area contributed by atoms with Crippen LogP contribution < -0.4 is 0 Å². The average Bonchev–Trinajstić information content (AvgIpc) is 2.57. The molecule has 0 bridgehead atoms. The average molecular weight is 344 g/mol. The highest BCUT2D eigenvalue weighted by molar-refractivity contribution is 5.80. The minimum absolute atomic E-state index is 0.0390. The fraction of sp³-hybridized carbons (Fsp3) is 0.778. The van der Waals surface area contributed by atoms with Crippen molar-refractivity contribution in [2.75, 3.05) is 26.4 Å². The summed E-state index contributed by atoms with van der Waals surface area (Å²) in [6.07, 6.45) is 9.50. The molecule has 0 heterocycles. The van der Waals surface area contributed by atoms with Crippen LogP contribution >= 0.6 is 0 Å². The van der Waals surface area contributed by atoms with E-state index in [1.807, 2.05) is 12.2 Å². The van der Waals surface area contributed by atoms with Gasteiger partial charge in [0.15, 0.2) is 0 Å². The van der Waals surface area contributed by atoms with Gasteiger partial charge in [0.25, 0.3) is 0 Å². The molecule has 0 aromatic rings. The summed E-state index contributed by atoms with van der Waals surface area (Å²) < 4.78 is 10.1. The molecule has 0 spiro atoms. The third-order valence-electron chi connectivity index (χ3n) is 3.42. The Bertz CT molecular complexity index is 353. The Morgan fingerprint density at radius 3 is 2.25 bits per heavy atom. The number of carbonyl (C=O) groups excluding carboxylic acids is 2. The number of hydrogen-bond acceptors (Lipinski definition) is 6. The number of aliphatic hydroxyl groups excluding tert-OH is 2. The Balaban J connectivity index is 4.36. The number of carbonyl (C=O) groups is 2. The lowest BCUT2D eigenvalue weighted by atomic mass is 10.0. The van der Waals surface area contributed by atoms with Crippen molar-refractivity contribution in [1.29, 1.82) is 0 Å². The molecule has 0 aromatic heterocycles. The molecule has 0 rings (SSSR count). The van der Waals surface area contributed by atoms with Crippen molar-refractivity contribution < 1.29 is 29.3 Å². The topological polar surface area (TPSA) is 93.1 Å². The van der Waals surface area contributed by atoms with Crippen molar-refractivity contribution in [3.05, 3.63) is 12.2 Å². The van der Waals surface area contributed by atoms with Gasteiger partial charge in [-0.15, -0.1) is 0 Å². The summed E-state index contributed by atoms with van der Waals surface area (Å²) in [4.78, 5) is 23.8. The Morgan fingerprint density at radius 1 is 0.958 bits per heavy atom. The van der Waals surface area contributed by atoms with Crippen LogP contribution in [0.5, 0.6) is 0 Å². The van der Waals surface area contributed by atoms with Gasteiger partial charge in [-0.2, -0.15) is 0 Å². The van der Waals surface area contributed by atoms with Crippen molar-refractivity contribution in [3.63, 3.8) is 0 Å². The van der Waals surface area contributed by atoms with E-state index in [2.05, 4.69) is 6.92 Å². The van der Waals surface area contributed by atoms with Crippen LogP contribution in [0.4, 0.5) is 0 Å². The van der Waals surface area contributed by atoms with Gasteiger partial charge >= 0.3 is 11.9 Å². The molecule has 0 radical (unpaired) electrons. The number of hydrogen-bond donors (Lipinski definition) is 2. The molecule has 0 saturated carbocycles. The summed E-state index contributed by atoms with van der Waals surface area (Å²) >= 11 is 0. The molecule has 0 saturated heterocycles. The molecule has 0 amide bonds. The monoisotopic (exact) mass is 344 g/mol. The second-order valence-electron chi connectivity index (χ2n) is 5.65. The molecule has 0 aromatic carbocycles. The first kappa shape index (κ1) is 22.6. The third kappa shape index (κ3) is 13.1. The second-order valence-corrected chi connectivity index (χ2v) is 5.65. The van der Waals surface area contributed by atoms with Crippen LogP contribution in [-0.4, -0.2) is 48.6 Å². The maximum atomic E-state index is 12.1. The van der Waals surface area contributed by atoms with Gasteiger partial charge in [0, 0.05) is 26.1 Å². The van der Waals surface area contributed by atoms with E-state index in [0.29, 0.717) is 19.3 Å². The van der Waals surface area contributed by atoms with E-state index in [1.54, 1.807) is 0 Å². The molecule has 6 heteroatoms. The van der Waals surface area contributed by atoms with Crippen molar-refractivity contribution in [1.82, 2.24) is 0 Å². The number of esters is 2. The smallest absolute Gasteiger partial charge is 0.309 e. The Kier molecular flexibility index (Phi) is 15.5. The van der Waals surface area contributed by atoms with E-state index >= 15 is 0 Å². The summed E-state index contributed by atoms with van der Waals surface area (Å²) in [7, 11) is 0. The first-order valence-electron chi connectivity index (χ1n) is 8.84. The maximum absolute atomic E-state index is 12.1. The quantitative estimate of drug-likeness (QED) is 0.269. The van der Waals surface area contributed by atoms with Crippen molar-refractivity contribution >= 4 is 11.9 Å². The first-order valence-corrected chi connectivity index (χ1v) is 8.84. The molecular formula is C18H32O6. The highest BCUT2D eigenvalue weighted by atomic mass is 16.5.